The lowest BCUT2D eigenvalue weighted by atomic mass is 10.1. The number of nitro groups is 1. The number of hydrogen-bond acceptors (Lipinski definition) is 7. The third-order valence-electron chi connectivity index (χ3n) is 4.07. The maximum Gasteiger partial charge on any atom is 0.271 e. The zero-order valence-corrected chi connectivity index (χ0v) is 14.8. The van der Waals surface area contributed by atoms with Crippen LogP contribution in [0.25, 0.3) is 0 Å². The number of fused-ring (bicyclic) bond motifs is 1. The van der Waals surface area contributed by atoms with Crippen LogP contribution >= 0.6 is 11.3 Å². The summed E-state index contributed by atoms with van der Waals surface area (Å²) in [7, 11) is 0. The summed E-state index contributed by atoms with van der Waals surface area (Å²) in [6.07, 6.45) is 1.49. The Hall–Kier alpha value is -3.92. The number of anilines is 2. The van der Waals surface area contributed by atoms with Gasteiger partial charge in [0.05, 0.1) is 16.1 Å². The second kappa shape index (κ2) is 6.67. The highest BCUT2D eigenvalue weighted by Gasteiger charge is 2.38. The van der Waals surface area contributed by atoms with E-state index in [1.807, 2.05) is 0 Å². The zero-order valence-electron chi connectivity index (χ0n) is 14.0. The Kier molecular flexibility index (Phi) is 4.17. The van der Waals surface area contributed by atoms with Crippen LogP contribution in [0.15, 0.2) is 54.0 Å². The molecule has 4 rings (SSSR count). The number of carbonyl (C=O) groups excluding carboxylic acids is 3. The van der Waals surface area contributed by atoms with Gasteiger partial charge in [-0.1, -0.05) is 6.07 Å². The van der Waals surface area contributed by atoms with E-state index >= 15 is 0 Å². The van der Waals surface area contributed by atoms with E-state index in [9.17, 15) is 24.5 Å². The molecule has 1 aliphatic heterocycles. The molecule has 0 saturated heterocycles. The Bertz CT molecular complexity index is 1140. The average molecular weight is 394 g/mol. The molecule has 2 heterocycles. The van der Waals surface area contributed by atoms with E-state index in [2.05, 4.69) is 10.3 Å². The second-order valence-corrected chi connectivity index (χ2v) is 6.66. The van der Waals surface area contributed by atoms with E-state index in [-0.39, 0.29) is 33.2 Å². The molecule has 28 heavy (non-hydrogen) atoms. The summed E-state index contributed by atoms with van der Waals surface area (Å²) < 4.78 is 0. The van der Waals surface area contributed by atoms with Crippen molar-refractivity contribution in [3.63, 3.8) is 0 Å². The van der Waals surface area contributed by atoms with Gasteiger partial charge in [0.1, 0.15) is 0 Å². The van der Waals surface area contributed by atoms with Gasteiger partial charge >= 0.3 is 0 Å². The van der Waals surface area contributed by atoms with Crippen molar-refractivity contribution in [1.29, 1.82) is 0 Å². The topological polar surface area (TPSA) is 123 Å². The van der Waals surface area contributed by atoms with Crippen LogP contribution in [0.1, 0.15) is 31.1 Å². The number of nitro benzene ring substituents is 1. The standard InChI is InChI=1S/C18H10N4O5S/c23-15(20-11-2-1-3-12(9-11)22(26)27)10-4-5-13-14(8-10)17(25)21(16(13)24)18-19-6-7-28-18/h1-9H,(H,20,23). The van der Waals surface area contributed by atoms with Gasteiger partial charge in [0, 0.05) is 35.0 Å². The minimum Gasteiger partial charge on any atom is -0.322 e. The molecule has 0 spiro atoms. The average Bonchev–Trinajstić information content (AvgIpc) is 3.29. The molecule has 3 aromatic rings. The van der Waals surface area contributed by atoms with Gasteiger partial charge in [-0.3, -0.25) is 24.5 Å². The number of non-ortho nitro benzene ring substituents is 1. The predicted octanol–water partition coefficient (Wildman–Crippen LogP) is 3.10. The molecule has 1 aliphatic rings. The van der Waals surface area contributed by atoms with Crippen LogP contribution < -0.4 is 10.2 Å². The molecular formula is C18H10N4O5S. The fourth-order valence-corrected chi connectivity index (χ4v) is 3.42. The van der Waals surface area contributed by atoms with Crippen molar-refractivity contribution in [2.45, 2.75) is 0 Å². The Morgan fingerprint density at radius 3 is 2.61 bits per heavy atom. The molecule has 0 atom stereocenters. The quantitative estimate of drug-likeness (QED) is 0.412. The first kappa shape index (κ1) is 17.5. The summed E-state index contributed by atoms with van der Waals surface area (Å²) in [5.41, 5.74) is 0.518. The molecular weight excluding hydrogens is 384 g/mol. The minimum absolute atomic E-state index is 0.104. The van der Waals surface area contributed by atoms with Gasteiger partial charge in [-0.15, -0.1) is 11.3 Å². The smallest absolute Gasteiger partial charge is 0.271 e. The highest BCUT2D eigenvalue weighted by atomic mass is 32.1. The highest BCUT2D eigenvalue weighted by Crippen LogP contribution is 2.30. The molecule has 0 bridgehead atoms. The Morgan fingerprint density at radius 1 is 1.11 bits per heavy atom. The molecule has 0 fully saturated rings. The molecule has 3 amide bonds. The molecule has 0 saturated carbocycles. The number of aromatic nitrogens is 1. The molecule has 0 radical (unpaired) electrons. The van der Waals surface area contributed by atoms with E-state index < -0.39 is 22.6 Å². The van der Waals surface area contributed by atoms with Crippen molar-refractivity contribution in [1.82, 2.24) is 4.98 Å². The third-order valence-corrected chi connectivity index (χ3v) is 4.83. The van der Waals surface area contributed by atoms with Crippen LogP contribution in [-0.2, 0) is 0 Å². The number of nitrogens with one attached hydrogen (secondary N) is 1. The van der Waals surface area contributed by atoms with Gasteiger partial charge in [-0.05, 0) is 24.3 Å². The zero-order chi connectivity index (χ0) is 19.8. The Morgan fingerprint density at radius 2 is 1.89 bits per heavy atom. The van der Waals surface area contributed by atoms with Crippen LogP contribution in [0, 0.1) is 10.1 Å². The molecule has 1 N–H and O–H groups in total. The summed E-state index contributed by atoms with van der Waals surface area (Å²) in [6.45, 7) is 0. The Labute approximate surface area is 161 Å². The molecule has 1 aromatic heterocycles. The fraction of sp³-hybridized carbons (Fsp3) is 0. The fourth-order valence-electron chi connectivity index (χ4n) is 2.78. The lowest BCUT2D eigenvalue weighted by molar-refractivity contribution is -0.384. The van der Waals surface area contributed by atoms with Gasteiger partial charge in [0.15, 0.2) is 5.13 Å². The van der Waals surface area contributed by atoms with Gasteiger partial charge in [-0.25, -0.2) is 9.88 Å². The van der Waals surface area contributed by atoms with Crippen LogP contribution in [0.5, 0.6) is 0 Å². The van der Waals surface area contributed by atoms with E-state index in [4.69, 9.17) is 0 Å². The molecule has 138 valence electrons. The van der Waals surface area contributed by atoms with Crippen LogP contribution in [0.2, 0.25) is 0 Å². The first-order valence-electron chi connectivity index (χ1n) is 7.94. The number of benzene rings is 2. The number of carbonyl (C=O) groups is 3. The lowest BCUT2D eigenvalue weighted by Gasteiger charge is -2.08. The molecule has 9 nitrogen and oxygen atoms in total. The normalized spacial score (nSPS) is 12.8. The molecule has 0 aliphatic carbocycles. The molecule has 2 aromatic carbocycles. The number of nitrogens with zero attached hydrogens (tertiary/aromatic N) is 3. The summed E-state index contributed by atoms with van der Waals surface area (Å²) in [4.78, 5) is 52.8. The van der Waals surface area contributed by atoms with Crippen LogP contribution in [0.4, 0.5) is 16.5 Å². The largest absolute Gasteiger partial charge is 0.322 e. The number of hydrogen-bond donors (Lipinski definition) is 1. The molecule has 10 heteroatoms. The van der Waals surface area contributed by atoms with Crippen molar-refractivity contribution in [2.24, 2.45) is 0 Å². The summed E-state index contributed by atoms with van der Waals surface area (Å²) in [5, 5.41) is 15.3. The first-order valence-corrected chi connectivity index (χ1v) is 8.82. The van der Waals surface area contributed by atoms with Gasteiger partial charge < -0.3 is 5.32 Å². The van der Waals surface area contributed by atoms with Crippen molar-refractivity contribution >= 4 is 45.6 Å². The minimum atomic E-state index is -0.567. The van der Waals surface area contributed by atoms with Crippen LogP contribution in [-0.4, -0.2) is 27.6 Å². The summed E-state index contributed by atoms with van der Waals surface area (Å²) >= 11 is 1.15. The maximum atomic E-state index is 12.6. The SMILES string of the molecule is O=C(Nc1cccc([N+](=O)[O-])c1)c1ccc2c(c1)C(=O)N(c1nccs1)C2=O. The monoisotopic (exact) mass is 394 g/mol. The van der Waals surface area contributed by atoms with Crippen molar-refractivity contribution < 1.29 is 19.3 Å². The van der Waals surface area contributed by atoms with Gasteiger partial charge in [-0.2, -0.15) is 0 Å². The summed E-state index contributed by atoms with van der Waals surface area (Å²) in [5.74, 6) is -1.61. The second-order valence-electron chi connectivity index (χ2n) is 5.78. The predicted molar refractivity (Wildman–Crippen MR) is 101 cm³/mol. The van der Waals surface area contributed by atoms with Crippen molar-refractivity contribution in [2.75, 3.05) is 10.2 Å². The van der Waals surface area contributed by atoms with E-state index in [0.29, 0.717) is 0 Å². The molecule has 0 unspecified atom stereocenters. The van der Waals surface area contributed by atoms with Gasteiger partial charge in [0.25, 0.3) is 23.4 Å². The van der Waals surface area contributed by atoms with Gasteiger partial charge in [0.2, 0.25) is 0 Å². The Balaban J connectivity index is 1.61. The van der Waals surface area contributed by atoms with Crippen LogP contribution in [0.3, 0.4) is 0 Å². The number of thiazole rings is 1. The highest BCUT2D eigenvalue weighted by molar-refractivity contribution is 7.14. The number of imide groups is 1. The van der Waals surface area contributed by atoms with E-state index in [1.54, 1.807) is 5.38 Å². The van der Waals surface area contributed by atoms with Crippen molar-refractivity contribution in [3.8, 4) is 0 Å². The maximum absolute atomic E-state index is 12.6. The number of amides is 3. The van der Waals surface area contributed by atoms with E-state index in [0.717, 1.165) is 16.2 Å². The van der Waals surface area contributed by atoms with Crippen molar-refractivity contribution in [3.05, 3.63) is 80.8 Å². The first-order chi connectivity index (χ1) is 13.5. The lowest BCUT2D eigenvalue weighted by Crippen LogP contribution is -2.29. The summed E-state index contributed by atoms with van der Waals surface area (Å²) in [6, 6.07) is 9.65. The number of rotatable bonds is 4. The third kappa shape index (κ3) is 2.91. The van der Waals surface area contributed by atoms with E-state index in [1.165, 1.54) is 48.7 Å².